The van der Waals surface area contributed by atoms with Crippen molar-refractivity contribution in [3.05, 3.63) is 89.7 Å². The van der Waals surface area contributed by atoms with E-state index in [2.05, 4.69) is 40.3 Å². The van der Waals surface area contributed by atoms with E-state index in [1.807, 2.05) is 46.1 Å². The summed E-state index contributed by atoms with van der Waals surface area (Å²) in [6, 6.07) is 20.4. The number of hydrogen-bond donors (Lipinski definition) is 0. The first-order chi connectivity index (χ1) is 13.8. The molecule has 5 heteroatoms. The van der Waals surface area contributed by atoms with Crippen LogP contribution in [0.15, 0.2) is 73.1 Å². The SMILES string of the molecule is O=C(c1ccc(Cn2cccn2)cc1)N1CCN(CCc2ccccc2)CC1. The average molecular weight is 374 g/mol. The molecule has 1 aliphatic rings. The minimum atomic E-state index is 0.133. The largest absolute Gasteiger partial charge is 0.336 e. The summed E-state index contributed by atoms with van der Waals surface area (Å²) in [7, 11) is 0. The first-order valence-corrected chi connectivity index (χ1v) is 9.90. The van der Waals surface area contributed by atoms with Crippen LogP contribution in [-0.4, -0.2) is 58.2 Å². The Labute approximate surface area is 166 Å². The number of carbonyl (C=O) groups is 1. The van der Waals surface area contributed by atoms with E-state index in [-0.39, 0.29) is 5.91 Å². The third-order valence-corrected chi connectivity index (χ3v) is 5.32. The summed E-state index contributed by atoms with van der Waals surface area (Å²) in [5, 5.41) is 4.22. The number of carbonyl (C=O) groups excluding carboxylic acids is 1. The average Bonchev–Trinajstić information content (AvgIpc) is 3.26. The van der Waals surface area contributed by atoms with Crippen molar-refractivity contribution in [1.29, 1.82) is 0 Å². The van der Waals surface area contributed by atoms with E-state index < -0.39 is 0 Å². The van der Waals surface area contributed by atoms with E-state index in [1.165, 1.54) is 5.56 Å². The molecule has 0 radical (unpaired) electrons. The van der Waals surface area contributed by atoms with Gasteiger partial charge in [0.1, 0.15) is 0 Å². The number of nitrogens with zero attached hydrogens (tertiary/aromatic N) is 4. The minimum absolute atomic E-state index is 0.133. The Kier molecular flexibility index (Phi) is 5.83. The van der Waals surface area contributed by atoms with Crippen LogP contribution in [-0.2, 0) is 13.0 Å². The van der Waals surface area contributed by atoms with Crippen molar-refractivity contribution in [3.8, 4) is 0 Å². The van der Waals surface area contributed by atoms with Crippen molar-refractivity contribution in [2.45, 2.75) is 13.0 Å². The normalized spacial score (nSPS) is 14.9. The van der Waals surface area contributed by atoms with Gasteiger partial charge in [-0.25, -0.2) is 0 Å². The Hall–Kier alpha value is -2.92. The third kappa shape index (κ3) is 4.67. The van der Waals surface area contributed by atoms with Gasteiger partial charge in [-0.15, -0.1) is 0 Å². The molecule has 4 rings (SSSR count). The van der Waals surface area contributed by atoms with Crippen LogP contribution in [0, 0.1) is 0 Å². The van der Waals surface area contributed by atoms with Gasteiger partial charge in [-0.05, 0) is 35.7 Å². The van der Waals surface area contributed by atoms with Gasteiger partial charge in [0.2, 0.25) is 0 Å². The summed E-state index contributed by atoms with van der Waals surface area (Å²) in [5.41, 5.74) is 3.28. The van der Waals surface area contributed by atoms with Crippen molar-refractivity contribution >= 4 is 5.91 Å². The molecule has 0 atom stereocenters. The maximum Gasteiger partial charge on any atom is 0.253 e. The lowest BCUT2D eigenvalue weighted by Crippen LogP contribution is -2.49. The molecule has 1 amide bonds. The van der Waals surface area contributed by atoms with Crippen molar-refractivity contribution in [2.75, 3.05) is 32.7 Å². The van der Waals surface area contributed by atoms with E-state index in [0.717, 1.165) is 56.8 Å². The molecule has 0 unspecified atom stereocenters. The maximum absolute atomic E-state index is 12.8. The molecule has 1 fully saturated rings. The summed E-state index contributed by atoms with van der Waals surface area (Å²) in [4.78, 5) is 17.2. The van der Waals surface area contributed by atoms with Crippen LogP contribution >= 0.6 is 0 Å². The Morgan fingerprint density at radius 3 is 2.29 bits per heavy atom. The highest BCUT2D eigenvalue weighted by atomic mass is 16.2. The monoisotopic (exact) mass is 374 g/mol. The zero-order valence-electron chi connectivity index (χ0n) is 16.1. The van der Waals surface area contributed by atoms with Crippen LogP contribution in [0.25, 0.3) is 0 Å². The quantitative estimate of drug-likeness (QED) is 0.666. The van der Waals surface area contributed by atoms with Crippen molar-refractivity contribution in [2.24, 2.45) is 0 Å². The first-order valence-electron chi connectivity index (χ1n) is 9.90. The smallest absolute Gasteiger partial charge is 0.253 e. The summed E-state index contributed by atoms with van der Waals surface area (Å²) in [5.74, 6) is 0.133. The van der Waals surface area contributed by atoms with E-state index in [0.29, 0.717) is 0 Å². The van der Waals surface area contributed by atoms with Gasteiger partial charge in [-0.3, -0.25) is 14.4 Å². The fourth-order valence-electron chi connectivity index (χ4n) is 3.62. The molecule has 1 saturated heterocycles. The number of hydrogen-bond acceptors (Lipinski definition) is 3. The van der Waals surface area contributed by atoms with E-state index in [1.54, 1.807) is 6.20 Å². The van der Waals surface area contributed by atoms with Gasteiger partial charge < -0.3 is 4.90 Å². The molecule has 0 saturated carbocycles. The molecule has 2 heterocycles. The Balaban J connectivity index is 1.26. The molecular weight excluding hydrogens is 348 g/mol. The predicted octanol–water partition coefficient (Wildman–Crippen LogP) is 2.93. The highest BCUT2D eigenvalue weighted by Gasteiger charge is 2.21. The maximum atomic E-state index is 12.8. The molecule has 28 heavy (non-hydrogen) atoms. The molecule has 0 spiro atoms. The summed E-state index contributed by atoms with van der Waals surface area (Å²) in [6.07, 6.45) is 4.78. The lowest BCUT2D eigenvalue weighted by atomic mass is 10.1. The lowest BCUT2D eigenvalue weighted by molar-refractivity contribution is 0.0638. The second kappa shape index (κ2) is 8.85. The number of rotatable bonds is 6. The summed E-state index contributed by atoms with van der Waals surface area (Å²) in [6.45, 7) is 5.24. The van der Waals surface area contributed by atoms with Gasteiger partial charge in [-0.2, -0.15) is 5.10 Å². The van der Waals surface area contributed by atoms with Crippen LogP contribution in [0.4, 0.5) is 0 Å². The van der Waals surface area contributed by atoms with Crippen molar-refractivity contribution in [3.63, 3.8) is 0 Å². The Bertz CT molecular complexity index is 867. The minimum Gasteiger partial charge on any atom is -0.336 e. The van der Waals surface area contributed by atoms with E-state index >= 15 is 0 Å². The molecule has 144 valence electrons. The van der Waals surface area contributed by atoms with Crippen LogP contribution in [0.5, 0.6) is 0 Å². The third-order valence-electron chi connectivity index (χ3n) is 5.32. The predicted molar refractivity (Wildman–Crippen MR) is 110 cm³/mol. The summed E-state index contributed by atoms with van der Waals surface area (Å²) < 4.78 is 1.88. The second-order valence-corrected chi connectivity index (χ2v) is 7.27. The molecular formula is C23H26N4O. The van der Waals surface area contributed by atoms with E-state index in [9.17, 15) is 4.79 Å². The van der Waals surface area contributed by atoms with Gasteiger partial charge in [0.25, 0.3) is 5.91 Å². The van der Waals surface area contributed by atoms with Crippen molar-refractivity contribution < 1.29 is 4.79 Å². The lowest BCUT2D eigenvalue weighted by Gasteiger charge is -2.34. The summed E-state index contributed by atoms with van der Waals surface area (Å²) >= 11 is 0. The van der Waals surface area contributed by atoms with Crippen LogP contribution in [0.2, 0.25) is 0 Å². The van der Waals surface area contributed by atoms with Gasteiger partial charge in [0.05, 0.1) is 6.54 Å². The molecule has 3 aromatic rings. The topological polar surface area (TPSA) is 41.4 Å². The molecule has 2 aromatic carbocycles. The van der Waals surface area contributed by atoms with Crippen LogP contribution in [0.1, 0.15) is 21.5 Å². The molecule has 1 aromatic heterocycles. The van der Waals surface area contributed by atoms with Gasteiger partial charge >= 0.3 is 0 Å². The second-order valence-electron chi connectivity index (χ2n) is 7.27. The fourth-order valence-corrected chi connectivity index (χ4v) is 3.62. The number of piperazine rings is 1. The zero-order chi connectivity index (χ0) is 19.2. The molecule has 0 N–H and O–H groups in total. The highest BCUT2D eigenvalue weighted by molar-refractivity contribution is 5.94. The molecule has 0 aliphatic carbocycles. The molecule has 0 bridgehead atoms. The molecule has 5 nitrogen and oxygen atoms in total. The van der Waals surface area contributed by atoms with E-state index in [4.69, 9.17) is 0 Å². The number of aromatic nitrogens is 2. The van der Waals surface area contributed by atoms with Crippen LogP contribution in [0.3, 0.4) is 0 Å². The molecule has 1 aliphatic heterocycles. The highest BCUT2D eigenvalue weighted by Crippen LogP contribution is 2.12. The standard InChI is InChI=1S/C23H26N4O/c28-23(22-9-7-21(8-10-22)19-27-13-4-12-24-27)26-17-15-25(16-18-26)14-11-20-5-2-1-3-6-20/h1-10,12-13H,11,14-19H2. The van der Waals surface area contributed by atoms with Gasteiger partial charge in [0, 0.05) is 50.7 Å². The number of benzene rings is 2. The zero-order valence-corrected chi connectivity index (χ0v) is 16.1. The van der Waals surface area contributed by atoms with Gasteiger partial charge in [0.15, 0.2) is 0 Å². The Morgan fingerprint density at radius 2 is 1.61 bits per heavy atom. The van der Waals surface area contributed by atoms with Crippen molar-refractivity contribution in [1.82, 2.24) is 19.6 Å². The fraction of sp³-hybridized carbons (Fsp3) is 0.304. The van der Waals surface area contributed by atoms with Gasteiger partial charge in [-0.1, -0.05) is 42.5 Å². The first kappa shape index (κ1) is 18.4. The number of amides is 1. The Morgan fingerprint density at radius 1 is 0.857 bits per heavy atom. The van der Waals surface area contributed by atoms with Crippen LogP contribution < -0.4 is 0 Å².